The van der Waals surface area contributed by atoms with Gasteiger partial charge in [0.15, 0.2) is 0 Å². The van der Waals surface area contributed by atoms with Crippen molar-refractivity contribution < 1.29 is 14.0 Å². The second-order valence-electron chi connectivity index (χ2n) is 3.97. The molecular weight excluding hydrogens is 190 g/mol. The largest absolute Gasteiger partial charge is 0.382 e. The lowest BCUT2D eigenvalue weighted by Crippen LogP contribution is -2.48. The minimum Gasteiger partial charge on any atom is -0.382 e. The van der Waals surface area contributed by atoms with Gasteiger partial charge >= 0.3 is 0 Å². The van der Waals surface area contributed by atoms with Crippen LogP contribution in [0, 0.1) is 0 Å². The normalized spacial score (nSPS) is 12.0. The van der Waals surface area contributed by atoms with Gasteiger partial charge in [-0.2, -0.15) is 0 Å². The first-order valence-electron chi connectivity index (χ1n) is 6.16. The van der Waals surface area contributed by atoms with E-state index in [0.717, 1.165) is 19.6 Å². The lowest BCUT2D eigenvalue weighted by atomic mass is 10.3. The van der Waals surface area contributed by atoms with Crippen LogP contribution in [-0.4, -0.2) is 57.6 Å². The molecule has 0 atom stereocenters. The number of hydrogen-bond acceptors (Lipinski definition) is 2. The highest BCUT2D eigenvalue weighted by atomic mass is 16.5. The summed E-state index contributed by atoms with van der Waals surface area (Å²) in [4.78, 5) is 0. The van der Waals surface area contributed by atoms with Gasteiger partial charge in [-0.25, -0.2) is 0 Å². The number of methoxy groups -OCH3 is 1. The van der Waals surface area contributed by atoms with E-state index >= 15 is 0 Å². The summed E-state index contributed by atoms with van der Waals surface area (Å²) in [6.07, 6.45) is 1.15. The van der Waals surface area contributed by atoms with Crippen molar-refractivity contribution >= 4 is 0 Å². The highest BCUT2D eigenvalue weighted by molar-refractivity contribution is 4.41. The Morgan fingerprint density at radius 1 is 0.867 bits per heavy atom. The van der Waals surface area contributed by atoms with E-state index in [4.69, 9.17) is 9.47 Å². The minimum absolute atomic E-state index is 0.704. The zero-order valence-electron chi connectivity index (χ0n) is 10.9. The van der Waals surface area contributed by atoms with Gasteiger partial charge in [-0.3, -0.25) is 0 Å². The second kappa shape index (κ2) is 9.13. The molecule has 3 heteroatoms. The van der Waals surface area contributed by atoms with E-state index in [-0.39, 0.29) is 0 Å². The van der Waals surface area contributed by atoms with Crippen LogP contribution < -0.4 is 0 Å². The van der Waals surface area contributed by atoms with Crippen LogP contribution >= 0.6 is 0 Å². The molecule has 0 aromatic heterocycles. The van der Waals surface area contributed by atoms with Crippen molar-refractivity contribution in [3.63, 3.8) is 0 Å². The predicted molar refractivity (Wildman–Crippen MR) is 64.1 cm³/mol. The van der Waals surface area contributed by atoms with Gasteiger partial charge in [0.25, 0.3) is 0 Å². The molecule has 0 saturated heterocycles. The molecular formula is C12H28NO2+. The van der Waals surface area contributed by atoms with Crippen molar-refractivity contribution in [1.29, 1.82) is 0 Å². The highest BCUT2D eigenvalue weighted by Gasteiger charge is 2.19. The van der Waals surface area contributed by atoms with Crippen molar-refractivity contribution in [3.05, 3.63) is 0 Å². The molecule has 0 rings (SSSR count). The molecule has 0 bridgehead atoms. The molecule has 0 aromatic rings. The topological polar surface area (TPSA) is 18.5 Å². The standard InChI is InChI=1S/C12H28NO2/c1-5-13(6-2,7-3)9-8-10-15-12-11-14-4/h5-12H2,1-4H3/q+1. The number of quaternary nitrogens is 1. The van der Waals surface area contributed by atoms with Crippen molar-refractivity contribution in [1.82, 2.24) is 0 Å². The van der Waals surface area contributed by atoms with Gasteiger partial charge in [-0.15, -0.1) is 0 Å². The molecule has 0 spiro atoms. The zero-order valence-corrected chi connectivity index (χ0v) is 10.9. The third-order valence-electron chi connectivity index (χ3n) is 3.37. The smallest absolute Gasteiger partial charge is 0.0808 e. The third-order valence-corrected chi connectivity index (χ3v) is 3.37. The highest BCUT2D eigenvalue weighted by Crippen LogP contribution is 2.06. The Bertz CT molecular complexity index is 127. The van der Waals surface area contributed by atoms with E-state index in [1.165, 1.54) is 30.7 Å². The molecule has 0 aliphatic rings. The van der Waals surface area contributed by atoms with Crippen molar-refractivity contribution in [2.24, 2.45) is 0 Å². The Labute approximate surface area is 95.0 Å². The van der Waals surface area contributed by atoms with Gasteiger partial charge in [-0.1, -0.05) is 0 Å². The lowest BCUT2D eigenvalue weighted by Gasteiger charge is -2.35. The maximum Gasteiger partial charge on any atom is 0.0808 e. The molecule has 0 N–H and O–H groups in total. The Balaban J connectivity index is 3.54. The average molecular weight is 218 g/mol. The van der Waals surface area contributed by atoms with Crippen LogP contribution in [0.4, 0.5) is 0 Å². The number of rotatable bonds is 10. The molecule has 0 unspecified atom stereocenters. The third kappa shape index (κ3) is 6.13. The SMILES string of the molecule is CC[N+](CC)(CC)CCCOCCOC. The van der Waals surface area contributed by atoms with E-state index in [9.17, 15) is 0 Å². The van der Waals surface area contributed by atoms with Crippen molar-refractivity contribution in [2.75, 3.05) is 53.1 Å². The molecule has 15 heavy (non-hydrogen) atoms. The van der Waals surface area contributed by atoms with E-state index in [1.807, 2.05) is 0 Å². The lowest BCUT2D eigenvalue weighted by molar-refractivity contribution is -0.923. The van der Waals surface area contributed by atoms with Crippen LogP contribution in [0.2, 0.25) is 0 Å². The second-order valence-corrected chi connectivity index (χ2v) is 3.97. The quantitative estimate of drug-likeness (QED) is 0.412. The fourth-order valence-corrected chi connectivity index (χ4v) is 1.89. The molecule has 0 heterocycles. The molecule has 0 saturated carbocycles. The Morgan fingerprint density at radius 2 is 1.47 bits per heavy atom. The van der Waals surface area contributed by atoms with Crippen molar-refractivity contribution in [3.8, 4) is 0 Å². The maximum atomic E-state index is 5.47. The van der Waals surface area contributed by atoms with Crippen molar-refractivity contribution in [2.45, 2.75) is 27.2 Å². The fourth-order valence-electron chi connectivity index (χ4n) is 1.89. The van der Waals surface area contributed by atoms with Crippen LogP contribution in [0.3, 0.4) is 0 Å². The molecule has 0 aromatic carbocycles. The van der Waals surface area contributed by atoms with Crippen LogP contribution in [-0.2, 0) is 9.47 Å². The van der Waals surface area contributed by atoms with E-state index in [0.29, 0.717) is 6.61 Å². The Morgan fingerprint density at radius 3 is 1.93 bits per heavy atom. The van der Waals surface area contributed by atoms with Crippen LogP contribution in [0.25, 0.3) is 0 Å². The first-order valence-corrected chi connectivity index (χ1v) is 6.16. The first-order chi connectivity index (χ1) is 7.24. The Hall–Kier alpha value is -0.120. The minimum atomic E-state index is 0.704. The van der Waals surface area contributed by atoms with Gasteiger partial charge < -0.3 is 14.0 Å². The predicted octanol–water partition coefficient (Wildman–Crippen LogP) is 1.92. The number of ether oxygens (including phenoxy) is 2. The summed E-state index contributed by atoms with van der Waals surface area (Å²) in [5.74, 6) is 0. The molecule has 0 radical (unpaired) electrons. The molecule has 3 nitrogen and oxygen atoms in total. The van der Waals surface area contributed by atoms with Gasteiger partial charge in [0.1, 0.15) is 0 Å². The van der Waals surface area contributed by atoms with Gasteiger partial charge in [-0.05, 0) is 20.8 Å². The summed E-state index contributed by atoms with van der Waals surface area (Å²) in [5, 5.41) is 0. The van der Waals surface area contributed by atoms with Gasteiger partial charge in [0.2, 0.25) is 0 Å². The summed E-state index contributed by atoms with van der Waals surface area (Å²) in [7, 11) is 1.70. The molecule has 0 aliphatic carbocycles. The first kappa shape index (κ1) is 14.9. The zero-order chi connectivity index (χ0) is 11.6. The summed E-state index contributed by atoms with van der Waals surface area (Å²) in [6.45, 7) is 14.0. The number of nitrogens with zero attached hydrogens (tertiary/aromatic N) is 1. The maximum absolute atomic E-state index is 5.47. The van der Waals surface area contributed by atoms with E-state index in [1.54, 1.807) is 7.11 Å². The van der Waals surface area contributed by atoms with Gasteiger partial charge in [0.05, 0.1) is 46.0 Å². The average Bonchev–Trinajstić information content (AvgIpc) is 2.29. The van der Waals surface area contributed by atoms with E-state index in [2.05, 4.69) is 20.8 Å². The Kier molecular flexibility index (Phi) is 9.06. The molecule has 0 fully saturated rings. The summed E-state index contributed by atoms with van der Waals surface area (Å²) < 4.78 is 11.6. The van der Waals surface area contributed by atoms with Crippen LogP contribution in [0.15, 0.2) is 0 Å². The van der Waals surface area contributed by atoms with E-state index < -0.39 is 0 Å². The van der Waals surface area contributed by atoms with Crippen LogP contribution in [0.1, 0.15) is 27.2 Å². The summed E-state index contributed by atoms with van der Waals surface area (Å²) in [6, 6.07) is 0. The summed E-state index contributed by atoms with van der Waals surface area (Å²) in [5.41, 5.74) is 0. The summed E-state index contributed by atoms with van der Waals surface area (Å²) >= 11 is 0. The monoisotopic (exact) mass is 218 g/mol. The number of hydrogen-bond donors (Lipinski definition) is 0. The molecule has 92 valence electrons. The van der Waals surface area contributed by atoms with Crippen LogP contribution in [0.5, 0.6) is 0 Å². The fraction of sp³-hybridized carbons (Fsp3) is 1.00. The van der Waals surface area contributed by atoms with Gasteiger partial charge in [0, 0.05) is 13.5 Å². The molecule has 0 aliphatic heterocycles. The molecule has 0 amide bonds.